The Morgan fingerprint density at radius 1 is 0.784 bits per heavy atom. The van der Waals surface area contributed by atoms with E-state index < -0.39 is 22.2 Å². The van der Waals surface area contributed by atoms with Crippen molar-refractivity contribution in [3.63, 3.8) is 0 Å². The first-order chi connectivity index (χ1) is 17.2. The van der Waals surface area contributed by atoms with Gasteiger partial charge in [0.25, 0.3) is 0 Å². The van der Waals surface area contributed by atoms with Gasteiger partial charge in [-0.3, -0.25) is 4.79 Å². The molecule has 4 rings (SSSR count). The van der Waals surface area contributed by atoms with E-state index in [1.165, 1.54) is 0 Å². The molecule has 5 unspecified atom stereocenters. The molecule has 0 N–H and O–H groups in total. The maximum Gasteiger partial charge on any atom is 0.312 e. The van der Waals surface area contributed by atoms with Crippen LogP contribution in [-0.4, -0.2) is 48.6 Å². The Hall–Kier alpha value is -0.690. The van der Waals surface area contributed by atoms with Crippen LogP contribution in [0.4, 0.5) is 0 Å². The van der Waals surface area contributed by atoms with Gasteiger partial charge >= 0.3 is 5.97 Å². The average molecular weight is 525 g/mol. The van der Waals surface area contributed by atoms with E-state index in [0.29, 0.717) is 37.9 Å². The molecule has 0 aromatic heterocycles. The summed E-state index contributed by atoms with van der Waals surface area (Å²) in [6, 6.07) is 0. The van der Waals surface area contributed by atoms with Crippen molar-refractivity contribution < 1.29 is 28.5 Å². The molecule has 0 amide bonds. The molecule has 4 aliphatic rings. The number of carbonyl (C=O) groups excluding carboxylic acids is 1. The standard InChI is InChI=1S/C31H56O6/c1-11-24(33-13-3)35-29-16-23-17-30(19-29,36-25(12-2)34-14-4)21-31(18-23,20-29)37-26(32)28(10,15-22(5)6)27(7,8)9/h22-25H,11-21H2,1-10H3. The zero-order valence-corrected chi connectivity index (χ0v) is 25.5. The highest BCUT2D eigenvalue weighted by Gasteiger charge is 2.68. The normalized spacial score (nSPS) is 34.4. The first kappa shape index (κ1) is 30.8. The quantitative estimate of drug-likeness (QED) is 0.174. The predicted octanol–water partition coefficient (Wildman–Crippen LogP) is 7.42. The van der Waals surface area contributed by atoms with Crippen LogP contribution in [0.25, 0.3) is 0 Å². The fourth-order valence-electron chi connectivity index (χ4n) is 7.77. The number of esters is 1. The minimum Gasteiger partial charge on any atom is -0.458 e. The lowest BCUT2D eigenvalue weighted by molar-refractivity contribution is -0.339. The van der Waals surface area contributed by atoms with Crippen molar-refractivity contribution in [2.75, 3.05) is 13.2 Å². The Morgan fingerprint density at radius 3 is 1.59 bits per heavy atom. The van der Waals surface area contributed by atoms with E-state index in [1.807, 2.05) is 13.8 Å². The minimum atomic E-state index is -0.588. The zero-order chi connectivity index (χ0) is 27.7. The van der Waals surface area contributed by atoms with Gasteiger partial charge in [-0.25, -0.2) is 0 Å². The summed E-state index contributed by atoms with van der Waals surface area (Å²) < 4.78 is 32.4. The molecule has 0 aliphatic heterocycles. The van der Waals surface area contributed by atoms with Crippen LogP contribution in [0.3, 0.4) is 0 Å². The SMILES string of the molecule is CCOC(CC)OC12CC3CC(OC(=O)C(C)(CC(C)C)C(C)(C)C)(C1)CC(OC(CC)OCC)(C3)C2. The molecule has 37 heavy (non-hydrogen) atoms. The van der Waals surface area contributed by atoms with Crippen molar-refractivity contribution in [2.45, 2.75) is 156 Å². The summed E-state index contributed by atoms with van der Waals surface area (Å²) in [5, 5.41) is 0. The van der Waals surface area contributed by atoms with Crippen LogP contribution in [0.5, 0.6) is 0 Å². The maximum atomic E-state index is 14.1. The summed E-state index contributed by atoms with van der Waals surface area (Å²) in [5.74, 6) is 0.702. The van der Waals surface area contributed by atoms with Crippen molar-refractivity contribution in [2.24, 2.45) is 22.7 Å². The van der Waals surface area contributed by atoms with E-state index in [9.17, 15) is 4.79 Å². The first-order valence-electron chi connectivity index (χ1n) is 15.0. The Bertz CT molecular complexity index is 740. The second-order valence-electron chi connectivity index (χ2n) is 13.9. The van der Waals surface area contributed by atoms with Crippen LogP contribution in [-0.2, 0) is 28.5 Å². The first-order valence-corrected chi connectivity index (χ1v) is 15.0. The van der Waals surface area contributed by atoms with Gasteiger partial charge in [-0.15, -0.1) is 0 Å². The van der Waals surface area contributed by atoms with E-state index in [1.54, 1.807) is 0 Å². The van der Waals surface area contributed by atoms with Crippen LogP contribution in [0.2, 0.25) is 0 Å². The average Bonchev–Trinajstić information content (AvgIpc) is 2.75. The van der Waals surface area contributed by atoms with Gasteiger partial charge in [0.2, 0.25) is 0 Å². The van der Waals surface area contributed by atoms with E-state index >= 15 is 0 Å². The highest BCUT2D eigenvalue weighted by atomic mass is 16.7. The van der Waals surface area contributed by atoms with Crippen molar-refractivity contribution in [3.8, 4) is 0 Å². The molecule has 5 atom stereocenters. The molecule has 4 saturated carbocycles. The van der Waals surface area contributed by atoms with Crippen LogP contribution in [0.1, 0.15) is 127 Å². The fourth-order valence-corrected chi connectivity index (χ4v) is 7.77. The topological polar surface area (TPSA) is 63.2 Å². The Labute approximate surface area is 226 Å². The zero-order valence-electron chi connectivity index (χ0n) is 25.5. The van der Waals surface area contributed by atoms with Gasteiger partial charge in [0.15, 0.2) is 12.6 Å². The summed E-state index contributed by atoms with van der Waals surface area (Å²) in [6.07, 6.45) is 6.88. The summed E-state index contributed by atoms with van der Waals surface area (Å²) in [7, 11) is 0. The number of ether oxygens (including phenoxy) is 5. The molecule has 0 aromatic rings. The third-order valence-electron chi connectivity index (χ3n) is 9.28. The molecule has 0 saturated heterocycles. The van der Waals surface area contributed by atoms with Gasteiger partial charge in [0, 0.05) is 32.5 Å². The van der Waals surface area contributed by atoms with Gasteiger partial charge in [-0.2, -0.15) is 0 Å². The Morgan fingerprint density at radius 2 is 1.22 bits per heavy atom. The summed E-state index contributed by atoms with van der Waals surface area (Å²) in [5.41, 5.74) is -2.23. The highest BCUT2D eigenvalue weighted by molar-refractivity contribution is 5.78. The molecular formula is C31H56O6. The number of rotatable bonds is 14. The molecule has 0 spiro atoms. The van der Waals surface area contributed by atoms with Gasteiger partial charge in [0.05, 0.1) is 16.6 Å². The van der Waals surface area contributed by atoms with Crippen LogP contribution in [0.15, 0.2) is 0 Å². The summed E-state index contributed by atoms with van der Waals surface area (Å²) in [6.45, 7) is 22.4. The van der Waals surface area contributed by atoms with E-state index in [0.717, 1.165) is 44.9 Å². The fraction of sp³-hybridized carbons (Fsp3) is 0.968. The van der Waals surface area contributed by atoms with Gasteiger partial charge in [-0.05, 0) is 76.5 Å². The lowest BCUT2D eigenvalue weighted by Gasteiger charge is -2.65. The van der Waals surface area contributed by atoms with E-state index in [4.69, 9.17) is 23.7 Å². The molecule has 4 aliphatic carbocycles. The van der Waals surface area contributed by atoms with Crippen molar-refractivity contribution in [1.29, 1.82) is 0 Å². The van der Waals surface area contributed by atoms with Crippen LogP contribution >= 0.6 is 0 Å². The molecule has 0 heterocycles. The highest BCUT2D eigenvalue weighted by Crippen LogP contribution is 2.64. The third kappa shape index (κ3) is 6.56. The Balaban J connectivity index is 1.98. The molecular weight excluding hydrogens is 468 g/mol. The molecule has 6 nitrogen and oxygen atoms in total. The van der Waals surface area contributed by atoms with E-state index in [-0.39, 0.29) is 24.0 Å². The lowest BCUT2D eigenvalue weighted by atomic mass is 9.50. The maximum absolute atomic E-state index is 14.1. The molecule has 0 radical (unpaired) electrons. The molecule has 216 valence electrons. The second-order valence-corrected chi connectivity index (χ2v) is 13.9. The van der Waals surface area contributed by atoms with Crippen LogP contribution in [0, 0.1) is 22.7 Å². The van der Waals surface area contributed by atoms with Crippen LogP contribution < -0.4 is 0 Å². The summed E-state index contributed by atoms with van der Waals surface area (Å²) in [4.78, 5) is 14.1. The second kappa shape index (κ2) is 11.4. The van der Waals surface area contributed by atoms with Gasteiger partial charge < -0.3 is 23.7 Å². The summed E-state index contributed by atoms with van der Waals surface area (Å²) >= 11 is 0. The van der Waals surface area contributed by atoms with E-state index in [2.05, 4.69) is 55.4 Å². The number of hydrogen-bond donors (Lipinski definition) is 0. The Kier molecular flexibility index (Phi) is 9.53. The van der Waals surface area contributed by atoms with Crippen molar-refractivity contribution in [3.05, 3.63) is 0 Å². The molecule has 0 aromatic carbocycles. The molecule has 4 fully saturated rings. The smallest absolute Gasteiger partial charge is 0.312 e. The van der Waals surface area contributed by atoms with Crippen molar-refractivity contribution in [1.82, 2.24) is 0 Å². The monoisotopic (exact) mass is 524 g/mol. The van der Waals surface area contributed by atoms with Gasteiger partial charge in [0.1, 0.15) is 5.60 Å². The third-order valence-corrected chi connectivity index (χ3v) is 9.28. The molecule has 6 heteroatoms. The number of hydrogen-bond acceptors (Lipinski definition) is 6. The van der Waals surface area contributed by atoms with Gasteiger partial charge in [-0.1, -0.05) is 48.5 Å². The molecule has 4 bridgehead atoms. The lowest BCUT2D eigenvalue weighted by Crippen LogP contribution is -2.69. The van der Waals surface area contributed by atoms with Crippen molar-refractivity contribution >= 4 is 5.97 Å². The predicted molar refractivity (Wildman–Crippen MR) is 146 cm³/mol. The number of carbonyl (C=O) groups is 1. The largest absolute Gasteiger partial charge is 0.458 e. The minimum absolute atomic E-state index is 0.0744.